The second-order valence-corrected chi connectivity index (χ2v) is 9.07. The molecule has 2 atom stereocenters. The molecule has 2 fully saturated rings. The molecule has 1 aliphatic heterocycles. The maximum Gasteiger partial charge on any atom is 0.171 e. The van der Waals surface area contributed by atoms with Crippen LogP contribution in [-0.2, 0) is 16.1 Å². The fraction of sp³-hybridized carbons (Fsp3) is 0.600. The molecule has 1 saturated carbocycles. The number of aliphatic imine (C=N–C) groups is 1. The van der Waals surface area contributed by atoms with Gasteiger partial charge >= 0.3 is 0 Å². The van der Waals surface area contributed by atoms with Gasteiger partial charge in [-0.05, 0) is 67.9 Å². The quantitative estimate of drug-likeness (QED) is 0.225. The van der Waals surface area contributed by atoms with Gasteiger partial charge in [0.1, 0.15) is 12.0 Å². The summed E-state index contributed by atoms with van der Waals surface area (Å²) in [5, 5.41) is 13.3. The molecule has 0 aromatic heterocycles. The Morgan fingerprint density at radius 1 is 1.38 bits per heavy atom. The number of hydrogen-bond donors (Lipinski definition) is 0. The molecule has 7 heteroatoms. The van der Waals surface area contributed by atoms with Crippen LogP contribution < -0.4 is 4.74 Å². The van der Waals surface area contributed by atoms with E-state index in [1.54, 1.807) is 6.07 Å². The van der Waals surface area contributed by atoms with Gasteiger partial charge in [0, 0.05) is 25.4 Å². The molecule has 1 aromatic rings. The van der Waals surface area contributed by atoms with Crippen molar-refractivity contribution >= 4 is 18.8 Å². The van der Waals surface area contributed by atoms with E-state index in [0.717, 1.165) is 49.1 Å². The Kier molecular flexibility index (Phi) is 8.81. The SMILES string of the molecule is C=N/C(=N\OCN1CCC(C2CC2CCOc2ccc(CC=O)c(C#N)c2)CC1)C(C)C. The highest BCUT2D eigenvalue weighted by Crippen LogP contribution is 2.49. The molecular weight excluding hydrogens is 404 g/mol. The average molecular weight is 439 g/mol. The molecule has 3 rings (SSSR count). The van der Waals surface area contributed by atoms with Crippen LogP contribution in [0.25, 0.3) is 0 Å². The van der Waals surface area contributed by atoms with Crippen molar-refractivity contribution in [3.8, 4) is 11.8 Å². The number of ether oxygens (including phenoxy) is 1. The second-order valence-electron chi connectivity index (χ2n) is 9.07. The minimum absolute atomic E-state index is 0.212. The van der Waals surface area contributed by atoms with Crippen LogP contribution in [0.15, 0.2) is 28.3 Å². The summed E-state index contributed by atoms with van der Waals surface area (Å²) in [5.74, 6) is 3.89. The van der Waals surface area contributed by atoms with Crippen molar-refractivity contribution in [2.45, 2.75) is 46.0 Å². The number of hydrogen-bond acceptors (Lipinski definition) is 6. The lowest BCUT2D eigenvalue weighted by Gasteiger charge is -2.31. The Balaban J connectivity index is 1.34. The van der Waals surface area contributed by atoms with Crippen LogP contribution in [0.1, 0.15) is 50.7 Å². The number of carbonyl (C=O) groups excluding carboxylic acids is 1. The molecule has 0 radical (unpaired) electrons. The highest BCUT2D eigenvalue weighted by molar-refractivity contribution is 5.87. The lowest BCUT2D eigenvalue weighted by Crippen LogP contribution is -2.35. The molecule has 1 aromatic carbocycles. The zero-order chi connectivity index (χ0) is 22.9. The van der Waals surface area contributed by atoms with Gasteiger partial charge in [-0.3, -0.25) is 4.90 Å². The summed E-state index contributed by atoms with van der Waals surface area (Å²) in [7, 11) is 0. The molecule has 1 saturated heterocycles. The van der Waals surface area contributed by atoms with E-state index >= 15 is 0 Å². The summed E-state index contributed by atoms with van der Waals surface area (Å²) in [6.45, 7) is 10.8. The van der Waals surface area contributed by atoms with Crippen LogP contribution in [-0.4, -0.2) is 50.2 Å². The molecule has 172 valence electrons. The van der Waals surface area contributed by atoms with Gasteiger partial charge < -0.3 is 14.4 Å². The molecule has 2 aliphatic rings. The number of carbonyl (C=O) groups is 1. The van der Waals surface area contributed by atoms with Gasteiger partial charge in [0.2, 0.25) is 0 Å². The molecule has 0 amide bonds. The smallest absolute Gasteiger partial charge is 0.171 e. The van der Waals surface area contributed by atoms with Crippen molar-refractivity contribution < 1.29 is 14.4 Å². The number of piperidine rings is 1. The molecule has 7 nitrogen and oxygen atoms in total. The van der Waals surface area contributed by atoms with Crippen LogP contribution in [0, 0.1) is 35.0 Å². The van der Waals surface area contributed by atoms with Crippen LogP contribution >= 0.6 is 0 Å². The molecule has 32 heavy (non-hydrogen) atoms. The van der Waals surface area contributed by atoms with Gasteiger partial charge in [-0.2, -0.15) is 5.26 Å². The largest absolute Gasteiger partial charge is 0.494 e. The van der Waals surface area contributed by atoms with Gasteiger partial charge in [-0.25, -0.2) is 4.99 Å². The van der Waals surface area contributed by atoms with Crippen LogP contribution in [0.5, 0.6) is 5.75 Å². The minimum Gasteiger partial charge on any atom is -0.494 e. The highest BCUT2D eigenvalue weighted by atomic mass is 16.6. The number of nitrogens with zero attached hydrogens (tertiary/aromatic N) is 4. The first-order valence-electron chi connectivity index (χ1n) is 11.5. The van der Waals surface area contributed by atoms with E-state index in [0.29, 0.717) is 30.5 Å². The van der Waals surface area contributed by atoms with Crippen molar-refractivity contribution in [3.05, 3.63) is 29.3 Å². The van der Waals surface area contributed by atoms with E-state index < -0.39 is 0 Å². The van der Waals surface area contributed by atoms with Gasteiger partial charge in [0.15, 0.2) is 12.6 Å². The summed E-state index contributed by atoms with van der Waals surface area (Å²) in [4.78, 5) is 22.4. The van der Waals surface area contributed by atoms with Gasteiger partial charge in [-0.1, -0.05) is 25.1 Å². The first kappa shape index (κ1) is 23.9. The van der Waals surface area contributed by atoms with E-state index in [-0.39, 0.29) is 12.3 Å². The topological polar surface area (TPSA) is 87.3 Å². The Labute approximate surface area is 191 Å². The predicted molar refractivity (Wildman–Crippen MR) is 125 cm³/mol. The summed E-state index contributed by atoms with van der Waals surface area (Å²) in [6.07, 6.45) is 5.83. The molecule has 0 N–H and O–H groups in total. The summed E-state index contributed by atoms with van der Waals surface area (Å²) in [5.41, 5.74) is 1.26. The van der Waals surface area contributed by atoms with E-state index in [2.05, 4.69) is 27.8 Å². The number of amidine groups is 1. The first-order chi connectivity index (χ1) is 15.5. The average Bonchev–Trinajstić information content (AvgIpc) is 3.57. The normalized spacial score (nSPS) is 21.8. The minimum atomic E-state index is 0.212. The van der Waals surface area contributed by atoms with Gasteiger partial charge in [-0.15, -0.1) is 0 Å². The zero-order valence-corrected chi connectivity index (χ0v) is 19.2. The van der Waals surface area contributed by atoms with Crippen molar-refractivity contribution in [1.82, 2.24) is 4.90 Å². The third-order valence-electron chi connectivity index (χ3n) is 6.55. The Morgan fingerprint density at radius 3 is 2.81 bits per heavy atom. The molecular formula is C25H34N4O3. The van der Waals surface area contributed by atoms with Crippen LogP contribution in [0.4, 0.5) is 0 Å². The maximum atomic E-state index is 10.7. The Hall–Kier alpha value is -2.72. The number of benzene rings is 1. The Morgan fingerprint density at radius 2 is 2.16 bits per heavy atom. The fourth-order valence-corrected chi connectivity index (χ4v) is 4.53. The lowest BCUT2D eigenvalue weighted by molar-refractivity contribution is -0.107. The number of oxime groups is 1. The summed E-state index contributed by atoms with van der Waals surface area (Å²) in [6, 6.07) is 7.54. The number of rotatable bonds is 11. The third-order valence-corrected chi connectivity index (χ3v) is 6.55. The molecule has 1 heterocycles. The molecule has 1 aliphatic carbocycles. The molecule has 0 bridgehead atoms. The monoisotopic (exact) mass is 438 g/mol. The predicted octanol–water partition coefficient (Wildman–Crippen LogP) is 4.06. The van der Waals surface area contributed by atoms with Crippen molar-refractivity contribution in [3.63, 3.8) is 0 Å². The van der Waals surface area contributed by atoms with E-state index in [9.17, 15) is 10.1 Å². The van der Waals surface area contributed by atoms with E-state index in [4.69, 9.17) is 9.57 Å². The summed E-state index contributed by atoms with van der Waals surface area (Å²) >= 11 is 0. The number of nitriles is 1. The van der Waals surface area contributed by atoms with Crippen LogP contribution in [0.2, 0.25) is 0 Å². The zero-order valence-electron chi connectivity index (χ0n) is 19.2. The van der Waals surface area contributed by atoms with Crippen molar-refractivity contribution in [1.29, 1.82) is 5.26 Å². The van der Waals surface area contributed by atoms with Gasteiger partial charge in [0.05, 0.1) is 18.2 Å². The van der Waals surface area contributed by atoms with E-state index in [1.165, 1.54) is 19.3 Å². The third kappa shape index (κ3) is 6.64. The lowest BCUT2D eigenvalue weighted by atomic mass is 9.91. The van der Waals surface area contributed by atoms with Gasteiger partial charge in [0.25, 0.3) is 0 Å². The first-order valence-corrected chi connectivity index (χ1v) is 11.5. The number of likely N-dealkylation sites (tertiary alicyclic amines) is 1. The summed E-state index contributed by atoms with van der Waals surface area (Å²) < 4.78 is 5.89. The number of aldehydes is 1. The standard InChI is InChI=1S/C25H34N4O3/c1-18(2)25(27-3)28-32-17-29-10-6-20(7-11-29)24-15-21(24)9-13-31-23-5-4-19(8-12-30)22(14-23)16-26/h4-5,12,14,18,20-21,24H,3,6-11,13,15,17H2,1-2H3/b28-25-. The van der Waals surface area contributed by atoms with Crippen molar-refractivity contribution in [2.75, 3.05) is 26.4 Å². The molecule has 2 unspecified atom stereocenters. The van der Waals surface area contributed by atoms with Crippen molar-refractivity contribution in [2.24, 2.45) is 33.8 Å². The fourth-order valence-electron chi connectivity index (χ4n) is 4.53. The second kappa shape index (κ2) is 11.8. The molecule has 0 spiro atoms. The Bertz CT molecular complexity index is 853. The van der Waals surface area contributed by atoms with E-state index in [1.807, 2.05) is 26.0 Å². The van der Waals surface area contributed by atoms with Crippen LogP contribution in [0.3, 0.4) is 0 Å². The highest BCUT2D eigenvalue weighted by Gasteiger charge is 2.43. The maximum absolute atomic E-state index is 10.7.